The Hall–Kier alpha value is -1.88. The van der Waals surface area contributed by atoms with Gasteiger partial charge in [0.2, 0.25) is 5.91 Å². The van der Waals surface area contributed by atoms with Gasteiger partial charge in [-0.05, 0) is 32.5 Å². The zero-order valence-electron chi connectivity index (χ0n) is 12.3. The number of imidazole rings is 1. The number of aromatic nitrogens is 2. The molecule has 2 aromatic rings. The summed E-state index contributed by atoms with van der Waals surface area (Å²) in [5.74, 6) is 0.926. The summed E-state index contributed by atoms with van der Waals surface area (Å²) in [5.41, 5.74) is 3.17. The fraction of sp³-hybridized carbons (Fsp3) is 0.467. The SMILES string of the molecule is CNC(C)CNC(=O)CCc1nc2c(C)cccc2[nH]1. The smallest absolute Gasteiger partial charge is 0.220 e. The second-order valence-electron chi connectivity index (χ2n) is 5.15. The van der Waals surface area contributed by atoms with Gasteiger partial charge in [0.05, 0.1) is 11.0 Å². The number of nitrogens with zero attached hydrogens (tertiary/aromatic N) is 1. The number of benzene rings is 1. The molecule has 0 aliphatic heterocycles. The van der Waals surface area contributed by atoms with Crippen LogP contribution >= 0.6 is 0 Å². The van der Waals surface area contributed by atoms with Crippen LogP contribution in [0, 0.1) is 6.92 Å². The number of aryl methyl sites for hydroxylation is 2. The van der Waals surface area contributed by atoms with Crippen LogP contribution in [0.1, 0.15) is 24.7 Å². The van der Waals surface area contributed by atoms with E-state index in [-0.39, 0.29) is 11.9 Å². The van der Waals surface area contributed by atoms with Crippen molar-refractivity contribution < 1.29 is 4.79 Å². The summed E-state index contributed by atoms with van der Waals surface area (Å²) >= 11 is 0. The van der Waals surface area contributed by atoms with E-state index in [9.17, 15) is 4.79 Å². The molecular formula is C15H22N4O. The molecule has 5 nitrogen and oxygen atoms in total. The van der Waals surface area contributed by atoms with Crippen molar-refractivity contribution in [2.45, 2.75) is 32.7 Å². The molecule has 2 rings (SSSR count). The molecule has 0 spiro atoms. The molecule has 5 heteroatoms. The van der Waals surface area contributed by atoms with E-state index in [4.69, 9.17) is 0 Å². The van der Waals surface area contributed by atoms with Crippen molar-refractivity contribution in [3.05, 3.63) is 29.6 Å². The Morgan fingerprint density at radius 1 is 1.45 bits per heavy atom. The van der Waals surface area contributed by atoms with Crippen molar-refractivity contribution in [1.82, 2.24) is 20.6 Å². The average molecular weight is 274 g/mol. The lowest BCUT2D eigenvalue weighted by Crippen LogP contribution is -2.37. The Kier molecular flexibility index (Phi) is 4.74. The Balaban J connectivity index is 1.89. The van der Waals surface area contributed by atoms with Crippen LogP contribution in [0.3, 0.4) is 0 Å². The lowest BCUT2D eigenvalue weighted by atomic mass is 10.2. The quantitative estimate of drug-likeness (QED) is 0.748. The monoisotopic (exact) mass is 274 g/mol. The number of H-pyrrole nitrogens is 1. The summed E-state index contributed by atoms with van der Waals surface area (Å²) in [5, 5.41) is 5.99. The van der Waals surface area contributed by atoms with Gasteiger partial charge in [0.15, 0.2) is 0 Å². The first kappa shape index (κ1) is 14.5. The van der Waals surface area contributed by atoms with E-state index in [1.165, 1.54) is 0 Å². The molecule has 0 fully saturated rings. The minimum atomic E-state index is 0.0595. The summed E-state index contributed by atoms with van der Waals surface area (Å²) in [6, 6.07) is 6.34. The fourth-order valence-electron chi connectivity index (χ4n) is 2.03. The minimum Gasteiger partial charge on any atom is -0.355 e. The van der Waals surface area contributed by atoms with E-state index in [2.05, 4.69) is 20.6 Å². The van der Waals surface area contributed by atoms with Gasteiger partial charge in [0.25, 0.3) is 0 Å². The lowest BCUT2D eigenvalue weighted by molar-refractivity contribution is -0.121. The number of hydrogen-bond acceptors (Lipinski definition) is 3. The first-order valence-corrected chi connectivity index (χ1v) is 6.98. The number of aromatic amines is 1. The summed E-state index contributed by atoms with van der Waals surface area (Å²) in [4.78, 5) is 19.6. The summed E-state index contributed by atoms with van der Waals surface area (Å²) in [6.45, 7) is 4.72. The van der Waals surface area contributed by atoms with Gasteiger partial charge in [-0.25, -0.2) is 4.98 Å². The normalized spacial score (nSPS) is 12.6. The van der Waals surface area contributed by atoms with E-state index >= 15 is 0 Å². The molecule has 1 unspecified atom stereocenters. The maximum atomic E-state index is 11.7. The molecule has 1 heterocycles. The highest BCUT2D eigenvalue weighted by molar-refractivity contribution is 5.79. The zero-order valence-corrected chi connectivity index (χ0v) is 12.3. The van der Waals surface area contributed by atoms with Crippen LogP contribution in [-0.4, -0.2) is 35.5 Å². The molecule has 108 valence electrons. The molecule has 3 N–H and O–H groups in total. The van der Waals surface area contributed by atoms with E-state index in [1.54, 1.807) is 0 Å². The molecule has 1 aromatic carbocycles. The maximum absolute atomic E-state index is 11.7. The van der Waals surface area contributed by atoms with Gasteiger partial charge in [0.1, 0.15) is 5.82 Å². The van der Waals surface area contributed by atoms with Gasteiger partial charge in [-0.1, -0.05) is 12.1 Å². The van der Waals surface area contributed by atoms with Crippen LogP contribution in [0.5, 0.6) is 0 Å². The highest BCUT2D eigenvalue weighted by Gasteiger charge is 2.08. The molecule has 1 aromatic heterocycles. The Bertz CT molecular complexity index is 591. The summed E-state index contributed by atoms with van der Waals surface area (Å²) in [7, 11) is 1.88. The number of carbonyl (C=O) groups is 1. The standard InChI is InChI=1S/C15H22N4O/c1-10-5-4-6-12-15(10)19-13(18-12)7-8-14(20)17-9-11(2)16-3/h4-6,11,16H,7-9H2,1-3H3,(H,17,20)(H,18,19). The van der Waals surface area contributed by atoms with Crippen molar-refractivity contribution in [2.24, 2.45) is 0 Å². The topological polar surface area (TPSA) is 69.8 Å². The Morgan fingerprint density at radius 3 is 2.95 bits per heavy atom. The van der Waals surface area contributed by atoms with Crippen LogP contribution in [-0.2, 0) is 11.2 Å². The number of hydrogen-bond donors (Lipinski definition) is 3. The van der Waals surface area contributed by atoms with Crippen LogP contribution in [0.2, 0.25) is 0 Å². The molecule has 0 aliphatic carbocycles. The molecule has 0 aliphatic rings. The third-order valence-corrected chi connectivity index (χ3v) is 3.45. The van der Waals surface area contributed by atoms with Gasteiger partial charge < -0.3 is 15.6 Å². The molecule has 0 saturated heterocycles. The third kappa shape index (κ3) is 3.57. The zero-order chi connectivity index (χ0) is 14.5. The summed E-state index contributed by atoms with van der Waals surface area (Å²) < 4.78 is 0. The van der Waals surface area contributed by atoms with E-state index < -0.39 is 0 Å². The second-order valence-corrected chi connectivity index (χ2v) is 5.15. The fourth-order valence-corrected chi connectivity index (χ4v) is 2.03. The van der Waals surface area contributed by atoms with Gasteiger partial charge in [-0.3, -0.25) is 4.79 Å². The number of fused-ring (bicyclic) bond motifs is 1. The minimum absolute atomic E-state index is 0.0595. The molecule has 20 heavy (non-hydrogen) atoms. The van der Waals surface area contributed by atoms with Crippen molar-refractivity contribution in [3.63, 3.8) is 0 Å². The second kappa shape index (κ2) is 6.52. The summed E-state index contributed by atoms with van der Waals surface area (Å²) in [6.07, 6.45) is 1.09. The van der Waals surface area contributed by atoms with E-state index in [0.29, 0.717) is 19.4 Å². The molecule has 0 bridgehead atoms. The lowest BCUT2D eigenvalue weighted by Gasteiger charge is -2.10. The van der Waals surface area contributed by atoms with Crippen molar-refractivity contribution in [1.29, 1.82) is 0 Å². The largest absolute Gasteiger partial charge is 0.355 e. The van der Waals surface area contributed by atoms with E-state index in [0.717, 1.165) is 22.4 Å². The number of carbonyl (C=O) groups excluding carboxylic acids is 1. The number of amides is 1. The van der Waals surface area contributed by atoms with Crippen LogP contribution in [0.4, 0.5) is 0 Å². The van der Waals surface area contributed by atoms with Crippen LogP contribution in [0.15, 0.2) is 18.2 Å². The molecule has 0 saturated carbocycles. The van der Waals surface area contributed by atoms with Crippen LogP contribution in [0.25, 0.3) is 11.0 Å². The predicted octanol–water partition coefficient (Wildman–Crippen LogP) is 1.53. The predicted molar refractivity (Wildman–Crippen MR) is 80.7 cm³/mol. The average Bonchev–Trinajstić information content (AvgIpc) is 2.87. The highest BCUT2D eigenvalue weighted by atomic mass is 16.1. The maximum Gasteiger partial charge on any atom is 0.220 e. The highest BCUT2D eigenvalue weighted by Crippen LogP contribution is 2.15. The third-order valence-electron chi connectivity index (χ3n) is 3.45. The Labute approximate surface area is 119 Å². The van der Waals surface area contributed by atoms with Crippen molar-refractivity contribution in [2.75, 3.05) is 13.6 Å². The van der Waals surface area contributed by atoms with Gasteiger partial charge in [-0.15, -0.1) is 0 Å². The van der Waals surface area contributed by atoms with Crippen molar-refractivity contribution >= 4 is 16.9 Å². The van der Waals surface area contributed by atoms with Gasteiger partial charge in [-0.2, -0.15) is 0 Å². The first-order valence-electron chi connectivity index (χ1n) is 6.98. The molecule has 1 atom stereocenters. The van der Waals surface area contributed by atoms with Gasteiger partial charge in [0, 0.05) is 25.4 Å². The van der Waals surface area contributed by atoms with Crippen molar-refractivity contribution in [3.8, 4) is 0 Å². The molecule has 0 radical (unpaired) electrons. The first-order chi connectivity index (χ1) is 9.60. The Morgan fingerprint density at radius 2 is 2.25 bits per heavy atom. The number of nitrogens with one attached hydrogen (secondary N) is 3. The number of para-hydroxylation sites is 1. The molecule has 1 amide bonds. The number of rotatable bonds is 6. The van der Waals surface area contributed by atoms with Gasteiger partial charge >= 0.3 is 0 Å². The van der Waals surface area contributed by atoms with E-state index in [1.807, 2.05) is 39.1 Å². The molecular weight excluding hydrogens is 252 g/mol. The number of likely N-dealkylation sites (N-methyl/N-ethyl adjacent to an activating group) is 1. The van der Waals surface area contributed by atoms with Crippen LogP contribution < -0.4 is 10.6 Å².